The molecule has 58 valence electrons. The van der Waals surface area contributed by atoms with Crippen LogP contribution in [0.4, 0.5) is 0 Å². The van der Waals surface area contributed by atoms with E-state index in [-0.39, 0.29) is 30.8 Å². The maximum atomic E-state index is 8.08. The number of nitriles is 1. The van der Waals surface area contributed by atoms with Gasteiger partial charge >= 0.3 is 0 Å². The van der Waals surface area contributed by atoms with Gasteiger partial charge in [0, 0.05) is 0 Å². The van der Waals surface area contributed by atoms with Crippen LogP contribution in [0.5, 0.6) is 0 Å². The lowest BCUT2D eigenvalue weighted by molar-refractivity contribution is 0.222. The van der Waals surface area contributed by atoms with E-state index in [4.69, 9.17) is 15.4 Å². The molecule has 4 heteroatoms. The summed E-state index contributed by atoms with van der Waals surface area (Å²) < 4.78 is 4.85. The van der Waals surface area contributed by atoms with Crippen molar-refractivity contribution in [3.05, 3.63) is 0 Å². The quantitative estimate of drug-likeness (QED) is 0.497. The zero-order valence-corrected chi connectivity index (χ0v) is 6.86. The third-order valence-electron chi connectivity index (χ3n) is 0.618. The van der Waals surface area contributed by atoms with Crippen molar-refractivity contribution < 1.29 is 4.74 Å². The Morgan fingerprint density at radius 1 is 1.70 bits per heavy atom. The summed E-state index contributed by atoms with van der Waals surface area (Å²) in [5.74, 6) is 0.0486. The summed E-state index contributed by atoms with van der Waals surface area (Å²) in [7, 11) is 0. The third kappa shape index (κ3) is 7.25. The van der Waals surface area contributed by atoms with Gasteiger partial charge in [0.15, 0.2) is 5.90 Å². The molecule has 3 nitrogen and oxygen atoms in total. The fraction of sp³-hybridized carbons (Fsp3) is 0.667. The summed E-state index contributed by atoms with van der Waals surface area (Å²) in [6, 6.07) is 1.82. The first kappa shape index (κ1) is 12.0. The molecule has 0 aliphatic heterocycles. The van der Waals surface area contributed by atoms with Crippen LogP contribution in [0, 0.1) is 16.7 Å². The smallest absolute Gasteiger partial charge is 0.195 e. The molecular weight excluding hydrogens is 152 g/mol. The Labute approximate surface area is 66.9 Å². The van der Waals surface area contributed by atoms with Gasteiger partial charge in [0.05, 0.1) is 12.2 Å². The molecule has 0 spiro atoms. The number of halogens is 1. The summed E-state index contributed by atoms with van der Waals surface area (Å²) in [6.45, 7) is 3.65. The minimum Gasteiger partial charge on any atom is -0.478 e. The van der Waals surface area contributed by atoms with Crippen LogP contribution < -0.4 is 0 Å². The van der Waals surface area contributed by atoms with E-state index in [0.717, 1.165) is 0 Å². The average molecular weight is 163 g/mol. The molecule has 0 aliphatic rings. The monoisotopic (exact) mass is 162 g/mol. The second-order valence-electron chi connectivity index (χ2n) is 1.92. The highest BCUT2D eigenvalue weighted by atomic mass is 35.5. The molecule has 1 N–H and O–H groups in total. The summed E-state index contributed by atoms with van der Waals surface area (Å²) in [4.78, 5) is 0. The molecule has 0 atom stereocenters. The SMILES string of the molecule is CC(C)OC(=N)CC#N.Cl. The minimum absolute atomic E-state index is 0. The first-order valence-corrected chi connectivity index (χ1v) is 2.78. The first-order chi connectivity index (χ1) is 4.16. The fourth-order valence-corrected chi connectivity index (χ4v) is 0.398. The average Bonchev–Trinajstić information content (AvgIpc) is 1.63. The predicted octanol–water partition coefficient (Wildman–Crippen LogP) is 1.72. The number of rotatable bonds is 2. The van der Waals surface area contributed by atoms with Crippen LogP contribution in [-0.4, -0.2) is 12.0 Å². The second kappa shape index (κ2) is 6.37. The van der Waals surface area contributed by atoms with Crippen molar-refractivity contribution in [3.8, 4) is 6.07 Å². The largest absolute Gasteiger partial charge is 0.478 e. The molecule has 0 saturated carbocycles. The van der Waals surface area contributed by atoms with Crippen molar-refractivity contribution in [3.63, 3.8) is 0 Å². The summed E-state index contributed by atoms with van der Waals surface area (Å²) in [6.07, 6.45) is 0.0731. The van der Waals surface area contributed by atoms with Crippen LogP contribution in [0.3, 0.4) is 0 Å². The lowest BCUT2D eigenvalue weighted by Crippen LogP contribution is -2.09. The molecular formula is C6H11ClN2O. The van der Waals surface area contributed by atoms with Gasteiger partial charge in [0.25, 0.3) is 0 Å². The summed E-state index contributed by atoms with van der Waals surface area (Å²) >= 11 is 0. The topological polar surface area (TPSA) is 56.9 Å². The summed E-state index contributed by atoms with van der Waals surface area (Å²) in [5.41, 5.74) is 0. The van der Waals surface area contributed by atoms with Crippen LogP contribution in [0.15, 0.2) is 0 Å². The van der Waals surface area contributed by atoms with Crippen molar-refractivity contribution in [2.45, 2.75) is 26.4 Å². The first-order valence-electron chi connectivity index (χ1n) is 2.78. The lowest BCUT2D eigenvalue weighted by atomic mass is 10.4. The molecule has 0 saturated heterocycles. The van der Waals surface area contributed by atoms with Crippen molar-refractivity contribution in [2.75, 3.05) is 0 Å². The Morgan fingerprint density at radius 3 is 2.50 bits per heavy atom. The zero-order chi connectivity index (χ0) is 7.28. The Bertz CT molecular complexity index is 139. The van der Waals surface area contributed by atoms with Gasteiger partial charge in [0.1, 0.15) is 6.42 Å². The maximum absolute atomic E-state index is 8.08. The van der Waals surface area contributed by atoms with E-state index in [1.165, 1.54) is 0 Å². The highest BCUT2D eigenvalue weighted by Gasteiger charge is 1.97. The van der Waals surface area contributed by atoms with Crippen molar-refractivity contribution in [1.29, 1.82) is 10.7 Å². The Morgan fingerprint density at radius 2 is 2.20 bits per heavy atom. The van der Waals surface area contributed by atoms with Gasteiger partial charge in [-0.2, -0.15) is 5.26 Å². The molecule has 0 aromatic carbocycles. The molecule has 0 aromatic rings. The molecule has 0 heterocycles. The van der Waals surface area contributed by atoms with Gasteiger partial charge in [-0.3, -0.25) is 5.41 Å². The van der Waals surface area contributed by atoms with Gasteiger partial charge in [-0.05, 0) is 13.8 Å². The van der Waals surface area contributed by atoms with Crippen molar-refractivity contribution in [2.24, 2.45) is 0 Å². The van der Waals surface area contributed by atoms with E-state index in [0.29, 0.717) is 0 Å². The van der Waals surface area contributed by atoms with Gasteiger partial charge in [-0.25, -0.2) is 0 Å². The normalized spacial score (nSPS) is 7.80. The van der Waals surface area contributed by atoms with Crippen LogP contribution >= 0.6 is 12.4 Å². The Kier molecular flexibility index (Phi) is 7.63. The zero-order valence-electron chi connectivity index (χ0n) is 6.05. The number of ether oxygens (including phenoxy) is 1. The van der Waals surface area contributed by atoms with E-state index < -0.39 is 0 Å². The fourth-order valence-electron chi connectivity index (χ4n) is 0.398. The molecule has 0 aliphatic carbocycles. The molecule has 0 rings (SSSR count). The van der Waals surface area contributed by atoms with E-state index in [1.54, 1.807) is 0 Å². The van der Waals surface area contributed by atoms with Crippen LogP contribution in [0.1, 0.15) is 20.3 Å². The number of nitrogens with one attached hydrogen (secondary N) is 1. The second-order valence-corrected chi connectivity index (χ2v) is 1.92. The van der Waals surface area contributed by atoms with Crippen molar-refractivity contribution in [1.82, 2.24) is 0 Å². The van der Waals surface area contributed by atoms with E-state index in [1.807, 2.05) is 19.9 Å². The Balaban J connectivity index is 0. The van der Waals surface area contributed by atoms with Crippen molar-refractivity contribution >= 4 is 18.3 Å². The molecule has 0 fully saturated rings. The maximum Gasteiger partial charge on any atom is 0.195 e. The highest BCUT2D eigenvalue weighted by molar-refractivity contribution is 5.85. The molecule has 10 heavy (non-hydrogen) atoms. The molecule has 0 unspecified atom stereocenters. The lowest BCUT2D eigenvalue weighted by Gasteiger charge is -2.06. The van der Waals surface area contributed by atoms with Gasteiger partial charge in [0.2, 0.25) is 0 Å². The van der Waals surface area contributed by atoms with E-state index in [9.17, 15) is 0 Å². The summed E-state index contributed by atoms with van der Waals surface area (Å²) in [5, 5.41) is 15.1. The predicted molar refractivity (Wildman–Crippen MR) is 41.4 cm³/mol. The Hall–Kier alpha value is -0.750. The molecule has 0 aromatic heterocycles. The van der Waals surface area contributed by atoms with Crippen LogP contribution in [-0.2, 0) is 4.74 Å². The highest BCUT2D eigenvalue weighted by Crippen LogP contribution is 1.91. The minimum atomic E-state index is 0. The standard InChI is InChI=1S/C6H10N2O.ClH/c1-5(2)9-6(8)3-4-7;/h5,8H,3H2,1-2H3;1H. The third-order valence-corrected chi connectivity index (χ3v) is 0.618. The molecule has 0 amide bonds. The van der Waals surface area contributed by atoms with Crippen LogP contribution in [0.2, 0.25) is 0 Å². The number of hydrogen-bond donors (Lipinski definition) is 1. The van der Waals surface area contributed by atoms with E-state index >= 15 is 0 Å². The van der Waals surface area contributed by atoms with Gasteiger partial charge in [-0.15, -0.1) is 12.4 Å². The number of hydrogen-bond acceptors (Lipinski definition) is 3. The van der Waals surface area contributed by atoms with Gasteiger partial charge in [-0.1, -0.05) is 0 Å². The van der Waals surface area contributed by atoms with Gasteiger partial charge < -0.3 is 4.74 Å². The number of nitrogens with zero attached hydrogens (tertiary/aromatic N) is 1. The molecule has 0 radical (unpaired) electrons. The molecule has 0 bridgehead atoms. The van der Waals surface area contributed by atoms with E-state index in [2.05, 4.69) is 0 Å². The van der Waals surface area contributed by atoms with Crippen LogP contribution in [0.25, 0.3) is 0 Å².